The highest BCUT2D eigenvalue weighted by Gasteiger charge is 2.15. The molecule has 0 bridgehead atoms. The van der Waals surface area contributed by atoms with Gasteiger partial charge in [0.15, 0.2) is 0 Å². The van der Waals surface area contributed by atoms with Crippen LogP contribution in [0.3, 0.4) is 0 Å². The molecule has 0 radical (unpaired) electrons. The summed E-state index contributed by atoms with van der Waals surface area (Å²) < 4.78 is 1.10. The lowest BCUT2D eigenvalue weighted by Crippen LogP contribution is -2.33. The highest BCUT2D eigenvalue weighted by molar-refractivity contribution is 5.92. The fraction of sp³-hybridized carbons (Fsp3) is 0.250. The molecule has 1 heterocycles. The van der Waals surface area contributed by atoms with Crippen molar-refractivity contribution in [3.63, 3.8) is 0 Å². The lowest BCUT2D eigenvalue weighted by molar-refractivity contribution is -0.114. The summed E-state index contributed by atoms with van der Waals surface area (Å²) in [7, 11) is 0. The molecule has 0 spiro atoms. The van der Waals surface area contributed by atoms with Crippen molar-refractivity contribution < 1.29 is 4.79 Å². The Bertz CT molecular complexity index is 1100. The first-order valence-electron chi connectivity index (χ1n) is 8.34. The van der Waals surface area contributed by atoms with Crippen LogP contribution < -0.4 is 16.6 Å². The third kappa shape index (κ3) is 3.31. The third-order valence-electron chi connectivity index (χ3n) is 4.21. The molecule has 0 atom stereocenters. The number of benzene rings is 2. The molecule has 0 saturated heterocycles. The van der Waals surface area contributed by atoms with Gasteiger partial charge in [-0.05, 0) is 41.3 Å². The van der Waals surface area contributed by atoms with Crippen LogP contribution >= 0.6 is 0 Å². The van der Waals surface area contributed by atoms with Crippen LogP contribution in [0, 0.1) is 0 Å². The molecule has 2 aromatic carbocycles. The van der Waals surface area contributed by atoms with Crippen LogP contribution in [0.25, 0.3) is 16.6 Å². The molecule has 3 rings (SSSR count). The Hall–Kier alpha value is -3.15. The average Bonchev–Trinajstić information content (AvgIpc) is 2.55. The number of carbonyl (C=O) groups excluding carboxylic acids is 1. The molecule has 0 fully saturated rings. The van der Waals surface area contributed by atoms with Crippen LogP contribution in [-0.2, 0) is 10.2 Å². The number of anilines is 1. The van der Waals surface area contributed by atoms with Gasteiger partial charge in [-0.15, -0.1) is 0 Å². The number of H-pyrrole nitrogens is 1. The molecule has 1 aromatic heterocycles. The van der Waals surface area contributed by atoms with Crippen LogP contribution in [0.15, 0.2) is 52.1 Å². The first-order valence-corrected chi connectivity index (χ1v) is 8.34. The molecular weight excluding hydrogens is 330 g/mol. The number of fused-ring (bicyclic) bond motifs is 1. The summed E-state index contributed by atoms with van der Waals surface area (Å²) >= 11 is 0. The number of carbonyl (C=O) groups is 1. The largest absolute Gasteiger partial charge is 0.333 e. The van der Waals surface area contributed by atoms with Crippen molar-refractivity contribution in [1.29, 1.82) is 0 Å². The van der Waals surface area contributed by atoms with E-state index in [4.69, 9.17) is 0 Å². The predicted octanol–water partition coefficient (Wildman–Crippen LogP) is 2.93. The Morgan fingerprint density at radius 2 is 1.69 bits per heavy atom. The number of aromatic nitrogens is 2. The summed E-state index contributed by atoms with van der Waals surface area (Å²) in [5.41, 5.74) is 1.58. The van der Waals surface area contributed by atoms with Gasteiger partial charge in [-0.3, -0.25) is 9.59 Å². The van der Waals surface area contributed by atoms with E-state index in [1.165, 1.54) is 6.92 Å². The van der Waals surface area contributed by atoms with E-state index in [9.17, 15) is 14.4 Å². The first-order chi connectivity index (χ1) is 12.2. The number of hydrogen-bond donors (Lipinski definition) is 2. The number of amides is 1. The van der Waals surface area contributed by atoms with E-state index < -0.39 is 11.2 Å². The Balaban J connectivity index is 2.18. The minimum Gasteiger partial charge on any atom is -0.326 e. The van der Waals surface area contributed by atoms with Gasteiger partial charge in [0.25, 0.3) is 5.56 Å². The molecule has 0 aliphatic carbocycles. The number of hydrogen-bond acceptors (Lipinski definition) is 3. The fourth-order valence-electron chi connectivity index (χ4n) is 2.84. The van der Waals surface area contributed by atoms with E-state index in [2.05, 4.69) is 31.1 Å². The molecule has 0 saturated carbocycles. The first kappa shape index (κ1) is 17.7. The molecule has 3 aromatic rings. The van der Waals surface area contributed by atoms with Gasteiger partial charge in [0, 0.05) is 12.6 Å². The maximum Gasteiger partial charge on any atom is 0.333 e. The zero-order valence-corrected chi connectivity index (χ0v) is 15.2. The number of rotatable bonds is 2. The lowest BCUT2D eigenvalue weighted by Gasteiger charge is -2.19. The SMILES string of the molecule is CC(=O)Nc1ccc2[nH]c(=O)n(-c3ccc(C(C)(C)C)cc3)c(=O)c2c1. The number of nitrogens with one attached hydrogen (secondary N) is 2. The Kier molecular flexibility index (Phi) is 4.28. The molecule has 0 aliphatic heterocycles. The summed E-state index contributed by atoms with van der Waals surface area (Å²) in [6.07, 6.45) is 0. The monoisotopic (exact) mass is 351 g/mol. The van der Waals surface area contributed by atoms with E-state index in [-0.39, 0.29) is 11.3 Å². The molecule has 26 heavy (non-hydrogen) atoms. The Morgan fingerprint density at radius 3 is 2.27 bits per heavy atom. The highest BCUT2D eigenvalue weighted by Crippen LogP contribution is 2.22. The van der Waals surface area contributed by atoms with Gasteiger partial charge < -0.3 is 10.3 Å². The van der Waals surface area contributed by atoms with Crippen LogP contribution in [0.4, 0.5) is 5.69 Å². The van der Waals surface area contributed by atoms with Gasteiger partial charge >= 0.3 is 5.69 Å². The van der Waals surface area contributed by atoms with Crippen LogP contribution in [0.5, 0.6) is 0 Å². The van der Waals surface area contributed by atoms with Gasteiger partial charge in [-0.2, -0.15) is 0 Å². The maximum atomic E-state index is 12.9. The number of aromatic amines is 1. The molecule has 6 nitrogen and oxygen atoms in total. The standard InChI is InChI=1S/C20H21N3O3/c1-12(24)21-14-7-10-17-16(11-14)18(25)23(19(26)22-17)15-8-5-13(6-9-15)20(2,3)4/h5-11H,1-4H3,(H,21,24)(H,22,26). The zero-order valence-electron chi connectivity index (χ0n) is 15.2. The molecule has 2 N–H and O–H groups in total. The highest BCUT2D eigenvalue weighted by atomic mass is 16.2. The van der Waals surface area contributed by atoms with E-state index in [0.29, 0.717) is 22.3 Å². The van der Waals surface area contributed by atoms with Crippen molar-refractivity contribution in [2.75, 3.05) is 5.32 Å². The Morgan fingerprint density at radius 1 is 1.04 bits per heavy atom. The second-order valence-electron chi connectivity index (χ2n) is 7.31. The maximum absolute atomic E-state index is 12.9. The van der Waals surface area contributed by atoms with Crippen molar-refractivity contribution in [3.8, 4) is 5.69 Å². The number of nitrogens with zero attached hydrogens (tertiary/aromatic N) is 1. The van der Waals surface area contributed by atoms with Gasteiger partial charge in [0.05, 0.1) is 16.6 Å². The van der Waals surface area contributed by atoms with Gasteiger partial charge in [-0.1, -0.05) is 32.9 Å². The fourth-order valence-corrected chi connectivity index (χ4v) is 2.84. The summed E-state index contributed by atoms with van der Waals surface area (Å²) in [5.74, 6) is -0.230. The smallest absolute Gasteiger partial charge is 0.326 e. The summed E-state index contributed by atoms with van der Waals surface area (Å²) in [5, 5.41) is 2.97. The summed E-state index contributed by atoms with van der Waals surface area (Å²) in [6.45, 7) is 7.69. The molecule has 0 unspecified atom stereocenters. The topological polar surface area (TPSA) is 84.0 Å². The molecular formula is C20H21N3O3. The Labute approximate surface area is 150 Å². The molecule has 134 valence electrons. The van der Waals surface area contributed by atoms with Crippen LogP contribution in [0.2, 0.25) is 0 Å². The van der Waals surface area contributed by atoms with Crippen LogP contribution in [-0.4, -0.2) is 15.5 Å². The quantitative estimate of drug-likeness (QED) is 0.744. The lowest BCUT2D eigenvalue weighted by atomic mass is 9.87. The summed E-state index contributed by atoms with van der Waals surface area (Å²) in [6, 6.07) is 12.2. The minimum absolute atomic E-state index is 0.0213. The van der Waals surface area contributed by atoms with Crippen LogP contribution in [0.1, 0.15) is 33.3 Å². The average molecular weight is 351 g/mol. The van der Waals surface area contributed by atoms with Crippen molar-refractivity contribution >= 4 is 22.5 Å². The van der Waals surface area contributed by atoms with E-state index in [1.54, 1.807) is 30.3 Å². The normalized spacial score (nSPS) is 11.5. The van der Waals surface area contributed by atoms with Crippen molar-refractivity contribution in [3.05, 3.63) is 68.9 Å². The van der Waals surface area contributed by atoms with Crippen molar-refractivity contribution in [2.45, 2.75) is 33.1 Å². The second kappa shape index (κ2) is 6.29. The van der Waals surface area contributed by atoms with Crippen molar-refractivity contribution in [2.24, 2.45) is 0 Å². The zero-order chi connectivity index (χ0) is 19.1. The van der Waals surface area contributed by atoms with E-state index in [1.807, 2.05) is 12.1 Å². The van der Waals surface area contributed by atoms with E-state index >= 15 is 0 Å². The van der Waals surface area contributed by atoms with Gasteiger partial charge in [0.2, 0.25) is 5.91 Å². The molecule has 0 aliphatic rings. The van der Waals surface area contributed by atoms with Crippen molar-refractivity contribution in [1.82, 2.24) is 9.55 Å². The van der Waals surface area contributed by atoms with Gasteiger partial charge in [0.1, 0.15) is 0 Å². The second-order valence-corrected chi connectivity index (χ2v) is 7.31. The van der Waals surface area contributed by atoms with Gasteiger partial charge in [-0.25, -0.2) is 9.36 Å². The molecule has 1 amide bonds. The summed E-state index contributed by atoms with van der Waals surface area (Å²) in [4.78, 5) is 39.3. The third-order valence-corrected chi connectivity index (χ3v) is 4.21. The van der Waals surface area contributed by atoms with E-state index in [0.717, 1.165) is 10.1 Å². The molecule has 6 heteroatoms. The minimum atomic E-state index is -0.502. The predicted molar refractivity (Wildman–Crippen MR) is 103 cm³/mol.